The van der Waals surface area contributed by atoms with Gasteiger partial charge in [0.25, 0.3) is 5.91 Å². The molecule has 0 aliphatic carbocycles. The first-order valence-electron chi connectivity index (χ1n) is 7.98. The van der Waals surface area contributed by atoms with E-state index in [-0.39, 0.29) is 17.7 Å². The van der Waals surface area contributed by atoms with Crippen LogP contribution in [0.4, 0.5) is 5.69 Å². The summed E-state index contributed by atoms with van der Waals surface area (Å²) in [4.78, 5) is 14.5. The highest BCUT2D eigenvalue weighted by atomic mass is 32.2. The van der Waals surface area contributed by atoms with E-state index in [2.05, 4.69) is 4.72 Å². The number of carbonyl (C=O) groups is 1. The topological polar surface area (TPSA) is 92.5 Å². The fourth-order valence-corrected chi connectivity index (χ4v) is 4.10. The van der Waals surface area contributed by atoms with Gasteiger partial charge in [0.2, 0.25) is 10.0 Å². The number of nitrogens with one attached hydrogen (secondary N) is 1. The van der Waals surface area contributed by atoms with Gasteiger partial charge in [-0.05, 0) is 50.4 Å². The van der Waals surface area contributed by atoms with Crippen molar-refractivity contribution in [2.24, 2.45) is 11.7 Å². The summed E-state index contributed by atoms with van der Waals surface area (Å²) in [6.07, 6.45) is 1.45. The molecule has 0 spiro atoms. The predicted molar refractivity (Wildman–Crippen MR) is 91.8 cm³/mol. The maximum Gasteiger partial charge on any atom is 0.254 e. The number of sulfonamides is 1. The zero-order valence-corrected chi connectivity index (χ0v) is 14.5. The number of amides is 1. The van der Waals surface area contributed by atoms with Crippen molar-refractivity contribution in [3.63, 3.8) is 0 Å². The number of likely N-dealkylation sites (tertiary alicyclic amines) is 1. The van der Waals surface area contributed by atoms with Gasteiger partial charge in [-0.3, -0.25) is 9.52 Å². The molecule has 1 fully saturated rings. The summed E-state index contributed by atoms with van der Waals surface area (Å²) in [5.74, 6) is 0.317. The summed E-state index contributed by atoms with van der Waals surface area (Å²) < 4.78 is 26.2. The summed E-state index contributed by atoms with van der Waals surface area (Å²) in [6.45, 7) is 5.05. The van der Waals surface area contributed by atoms with Crippen molar-refractivity contribution in [2.45, 2.75) is 32.7 Å². The summed E-state index contributed by atoms with van der Waals surface area (Å²) in [5.41, 5.74) is 6.62. The smallest absolute Gasteiger partial charge is 0.254 e. The predicted octanol–water partition coefficient (Wildman–Crippen LogP) is 1.65. The summed E-state index contributed by atoms with van der Waals surface area (Å²) in [7, 11) is -3.36. The average molecular weight is 339 g/mol. The molecule has 1 aromatic carbocycles. The Balaban J connectivity index is 2.15. The van der Waals surface area contributed by atoms with Crippen LogP contribution in [-0.4, -0.2) is 44.1 Å². The number of nitrogens with zero attached hydrogens (tertiary/aromatic N) is 1. The standard InChI is InChI=1S/C16H25N3O3S/c1-3-7-23(21,22)18-15-6-4-5-14(9-15)16(20)19-11-13(10-17)8-12(19)2/h4-6,9,12-13,18H,3,7-8,10-11,17H2,1-2H3. The molecule has 2 unspecified atom stereocenters. The number of hydrogen-bond donors (Lipinski definition) is 2. The van der Waals surface area contributed by atoms with Crippen LogP contribution in [0.25, 0.3) is 0 Å². The van der Waals surface area contributed by atoms with Crippen molar-refractivity contribution in [3.05, 3.63) is 29.8 Å². The second-order valence-electron chi connectivity index (χ2n) is 6.15. The SMILES string of the molecule is CCCS(=O)(=O)Nc1cccc(C(=O)N2CC(CN)CC2C)c1. The normalized spacial score (nSPS) is 21.4. The summed E-state index contributed by atoms with van der Waals surface area (Å²) in [5, 5.41) is 0. The Kier molecular flexibility index (Phi) is 5.64. The quantitative estimate of drug-likeness (QED) is 0.824. The molecule has 2 atom stereocenters. The first-order valence-corrected chi connectivity index (χ1v) is 9.63. The van der Waals surface area contributed by atoms with Crippen LogP contribution in [0.5, 0.6) is 0 Å². The van der Waals surface area contributed by atoms with Crippen LogP contribution in [0.2, 0.25) is 0 Å². The van der Waals surface area contributed by atoms with E-state index in [0.717, 1.165) is 6.42 Å². The van der Waals surface area contributed by atoms with Crippen molar-refractivity contribution in [1.82, 2.24) is 4.90 Å². The van der Waals surface area contributed by atoms with E-state index in [1.165, 1.54) is 0 Å². The second kappa shape index (κ2) is 7.31. The van der Waals surface area contributed by atoms with Crippen LogP contribution in [0.15, 0.2) is 24.3 Å². The van der Waals surface area contributed by atoms with E-state index in [4.69, 9.17) is 5.73 Å². The van der Waals surface area contributed by atoms with E-state index in [0.29, 0.717) is 36.7 Å². The molecule has 1 aromatic rings. The van der Waals surface area contributed by atoms with Crippen LogP contribution in [0, 0.1) is 5.92 Å². The third kappa shape index (κ3) is 4.45. The largest absolute Gasteiger partial charge is 0.336 e. The minimum atomic E-state index is -3.36. The minimum Gasteiger partial charge on any atom is -0.336 e. The van der Waals surface area contributed by atoms with Crippen molar-refractivity contribution < 1.29 is 13.2 Å². The van der Waals surface area contributed by atoms with Gasteiger partial charge >= 0.3 is 0 Å². The lowest BCUT2D eigenvalue weighted by Gasteiger charge is -2.22. The van der Waals surface area contributed by atoms with Crippen LogP contribution in [-0.2, 0) is 10.0 Å². The Labute approximate surface area is 138 Å². The van der Waals surface area contributed by atoms with E-state index < -0.39 is 10.0 Å². The van der Waals surface area contributed by atoms with Gasteiger partial charge in [0.05, 0.1) is 5.75 Å². The Morgan fingerprint density at radius 1 is 1.43 bits per heavy atom. The molecule has 7 heteroatoms. The van der Waals surface area contributed by atoms with Gasteiger partial charge in [0.15, 0.2) is 0 Å². The molecular formula is C16H25N3O3S. The number of carbonyl (C=O) groups excluding carboxylic acids is 1. The summed E-state index contributed by atoms with van der Waals surface area (Å²) >= 11 is 0. The number of nitrogens with two attached hydrogens (primary N) is 1. The number of hydrogen-bond acceptors (Lipinski definition) is 4. The molecule has 1 saturated heterocycles. The highest BCUT2D eigenvalue weighted by Crippen LogP contribution is 2.25. The molecule has 0 bridgehead atoms. The van der Waals surface area contributed by atoms with E-state index in [1.807, 2.05) is 18.7 Å². The first-order chi connectivity index (χ1) is 10.9. The van der Waals surface area contributed by atoms with E-state index in [9.17, 15) is 13.2 Å². The van der Waals surface area contributed by atoms with Gasteiger partial charge in [-0.2, -0.15) is 0 Å². The zero-order chi connectivity index (χ0) is 17.0. The molecule has 6 nitrogen and oxygen atoms in total. The maximum absolute atomic E-state index is 12.7. The van der Waals surface area contributed by atoms with Crippen molar-refractivity contribution in [1.29, 1.82) is 0 Å². The fraction of sp³-hybridized carbons (Fsp3) is 0.562. The van der Waals surface area contributed by atoms with Crippen LogP contribution >= 0.6 is 0 Å². The Hall–Kier alpha value is -1.60. The van der Waals surface area contributed by atoms with E-state index >= 15 is 0 Å². The zero-order valence-electron chi connectivity index (χ0n) is 13.7. The second-order valence-corrected chi connectivity index (χ2v) is 7.99. The third-order valence-electron chi connectivity index (χ3n) is 4.11. The monoisotopic (exact) mass is 339 g/mol. The van der Waals surface area contributed by atoms with Gasteiger partial charge < -0.3 is 10.6 Å². The van der Waals surface area contributed by atoms with Gasteiger partial charge in [-0.25, -0.2) is 8.42 Å². The van der Waals surface area contributed by atoms with Gasteiger partial charge in [0, 0.05) is 23.8 Å². The Morgan fingerprint density at radius 3 is 2.78 bits per heavy atom. The number of rotatable bonds is 6. The third-order valence-corrected chi connectivity index (χ3v) is 5.60. The van der Waals surface area contributed by atoms with Crippen LogP contribution in [0.3, 0.4) is 0 Å². The van der Waals surface area contributed by atoms with Crippen molar-refractivity contribution in [3.8, 4) is 0 Å². The van der Waals surface area contributed by atoms with Crippen molar-refractivity contribution in [2.75, 3.05) is 23.6 Å². The van der Waals surface area contributed by atoms with Crippen LogP contribution < -0.4 is 10.5 Å². The molecule has 1 amide bonds. The first kappa shape index (κ1) is 17.7. The number of benzene rings is 1. The lowest BCUT2D eigenvalue weighted by atomic mass is 10.1. The lowest BCUT2D eigenvalue weighted by molar-refractivity contribution is 0.0743. The van der Waals surface area contributed by atoms with Crippen molar-refractivity contribution >= 4 is 21.6 Å². The van der Waals surface area contributed by atoms with Crippen LogP contribution in [0.1, 0.15) is 37.0 Å². The van der Waals surface area contributed by atoms with Gasteiger partial charge in [0.1, 0.15) is 0 Å². The molecule has 128 valence electrons. The molecule has 0 saturated carbocycles. The molecule has 2 rings (SSSR count). The van der Waals surface area contributed by atoms with E-state index in [1.54, 1.807) is 24.3 Å². The molecule has 1 aliphatic rings. The Morgan fingerprint density at radius 2 is 2.17 bits per heavy atom. The average Bonchev–Trinajstić information content (AvgIpc) is 2.87. The highest BCUT2D eigenvalue weighted by Gasteiger charge is 2.32. The fourth-order valence-electron chi connectivity index (χ4n) is 2.98. The molecule has 23 heavy (non-hydrogen) atoms. The molecule has 3 N–H and O–H groups in total. The summed E-state index contributed by atoms with van der Waals surface area (Å²) in [6, 6.07) is 6.80. The minimum absolute atomic E-state index is 0.0620. The molecule has 0 aromatic heterocycles. The highest BCUT2D eigenvalue weighted by molar-refractivity contribution is 7.92. The lowest BCUT2D eigenvalue weighted by Crippen LogP contribution is -2.34. The van der Waals surface area contributed by atoms with Gasteiger partial charge in [-0.1, -0.05) is 13.0 Å². The molecule has 1 heterocycles. The maximum atomic E-state index is 12.7. The molecule has 0 radical (unpaired) electrons. The molecular weight excluding hydrogens is 314 g/mol. The molecule has 1 aliphatic heterocycles. The van der Waals surface area contributed by atoms with Gasteiger partial charge in [-0.15, -0.1) is 0 Å². The Bertz CT molecular complexity index is 660. The number of anilines is 1.